The van der Waals surface area contributed by atoms with Crippen LogP contribution in [0.25, 0.3) is 0 Å². The van der Waals surface area contributed by atoms with Gasteiger partial charge in [0.1, 0.15) is 6.04 Å². The number of carbonyl (C=O) groups is 2. The predicted octanol–water partition coefficient (Wildman–Crippen LogP) is 2.05. The minimum absolute atomic E-state index is 0.116. The van der Waals surface area contributed by atoms with Crippen molar-refractivity contribution in [3.8, 4) is 0 Å². The minimum atomic E-state index is -0.971. The molecule has 1 heterocycles. The average Bonchev–Trinajstić information content (AvgIpc) is 2.52. The Labute approximate surface area is 137 Å². The number of aliphatic carboxylic acids is 1. The van der Waals surface area contributed by atoms with Gasteiger partial charge in [-0.1, -0.05) is 38.1 Å². The lowest BCUT2D eigenvalue weighted by atomic mass is 10.00. The SMILES string of the molecule is CC(C)C(NC(=O)CCCN1CCc2ccccc2C1)C(=O)O. The van der Waals surface area contributed by atoms with Gasteiger partial charge in [-0.25, -0.2) is 4.79 Å². The van der Waals surface area contributed by atoms with E-state index in [0.717, 1.165) is 32.5 Å². The van der Waals surface area contributed by atoms with Gasteiger partial charge in [0.15, 0.2) is 0 Å². The summed E-state index contributed by atoms with van der Waals surface area (Å²) in [5, 5.41) is 11.7. The maximum atomic E-state index is 11.9. The van der Waals surface area contributed by atoms with Crippen LogP contribution in [0.3, 0.4) is 0 Å². The van der Waals surface area contributed by atoms with Crippen LogP contribution < -0.4 is 5.32 Å². The molecule has 0 bridgehead atoms. The van der Waals surface area contributed by atoms with Crippen molar-refractivity contribution in [1.82, 2.24) is 10.2 Å². The van der Waals surface area contributed by atoms with E-state index in [1.807, 2.05) is 0 Å². The molecule has 1 unspecified atom stereocenters. The monoisotopic (exact) mass is 318 g/mol. The number of fused-ring (bicyclic) bond motifs is 1. The molecule has 1 aliphatic heterocycles. The molecule has 0 saturated heterocycles. The molecule has 0 radical (unpaired) electrons. The highest BCUT2D eigenvalue weighted by molar-refractivity contribution is 5.83. The van der Waals surface area contributed by atoms with Crippen molar-refractivity contribution in [3.63, 3.8) is 0 Å². The molecule has 23 heavy (non-hydrogen) atoms. The summed E-state index contributed by atoms with van der Waals surface area (Å²) >= 11 is 0. The largest absolute Gasteiger partial charge is 0.480 e. The van der Waals surface area contributed by atoms with Crippen LogP contribution in [0.2, 0.25) is 0 Å². The Bertz CT molecular complexity index is 557. The second-order valence-electron chi connectivity index (χ2n) is 6.53. The summed E-state index contributed by atoms with van der Waals surface area (Å²) in [7, 11) is 0. The number of rotatable bonds is 7. The maximum absolute atomic E-state index is 11.9. The minimum Gasteiger partial charge on any atom is -0.480 e. The van der Waals surface area contributed by atoms with Crippen LogP contribution in [0, 0.1) is 5.92 Å². The molecule has 1 aliphatic rings. The Kier molecular flexibility index (Phi) is 6.16. The topological polar surface area (TPSA) is 69.6 Å². The van der Waals surface area contributed by atoms with Gasteiger partial charge < -0.3 is 10.4 Å². The van der Waals surface area contributed by atoms with Crippen molar-refractivity contribution >= 4 is 11.9 Å². The van der Waals surface area contributed by atoms with E-state index >= 15 is 0 Å². The first-order valence-electron chi connectivity index (χ1n) is 8.28. The Balaban J connectivity index is 1.73. The Morgan fingerprint density at radius 1 is 1.26 bits per heavy atom. The summed E-state index contributed by atoms with van der Waals surface area (Å²) < 4.78 is 0. The van der Waals surface area contributed by atoms with Gasteiger partial charge in [0, 0.05) is 19.5 Å². The molecule has 126 valence electrons. The summed E-state index contributed by atoms with van der Waals surface area (Å²) in [6.07, 6.45) is 2.17. The number of nitrogens with zero attached hydrogens (tertiary/aromatic N) is 1. The van der Waals surface area contributed by atoms with E-state index in [-0.39, 0.29) is 11.8 Å². The lowest BCUT2D eigenvalue weighted by Crippen LogP contribution is -2.44. The Hall–Kier alpha value is -1.88. The molecule has 0 spiro atoms. The van der Waals surface area contributed by atoms with Crippen LogP contribution in [0.5, 0.6) is 0 Å². The number of hydrogen-bond acceptors (Lipinski definition) is 3. The van der Waals surface area contributed by atoms with Gasteiger partial charge in [0.25, 0.3) is 0 Å². The van der Waals surface area contributed by atoms with Gasteiger partial charge in [-0.15, -0.1) is 0 Å². The first-order chi connectivity index (χ1) is 11.0. The van der Waals surface area contributed by atoms with E-state index < -0.39 is 12.0 Å². The molecule has 1 aromatic rings. The van der Waals surface area contributed by atoms with E-state index in [9.17, 15) is 9.59 Å². The van der Waals surface area contributed by atoms with Crippen LogP contribution in [0.1, 0.15) is 37.8 Å². The zero-order chi connectivity index (χ0) is 16.8. The van der Waals surface area contributed by atoms with Gasteiger partial charge in [0.2, 0.25) is 5.91 Å². The summed E-state index contributed by atoms with van der Waals surface area (Å²) in [6, 6.07) is 7.68. The summed E-state index contributed by atoms with van der Waals surface area (Å²) in [5.41, 5.74) is 2.79. The lowest BCUT2D eigenvalue weighted by molar-refractivity contribution is -0.143. The zero-order valence-corrected chi connectivity index (χ0v) is 13.9. The highest BCUT2D eigenvalue weighted by Gasteiger charge is 2.23. The van der Waals surface area contributed by atoms with Crippen LogP contribution in [0.15, 0.2) is 24.3 Å². The van der Waals surface area contributed by atoms with E-state index in [1.165, 1.54) is 11.1 Å². The molecule has 0 aromatic heterocycles. The summed E-state index contributed by atoms with van der Waals surface area (Å²) in [5.74, 6) is -1.26. The lowest BCUT2D eigenvalue weighted by Gasteiger charge is -2.28. The van der Waals surface area contributed by atoms with E-state index in [0.29, 0.717) is 6.42 Å². The average molecular weight is 318 g/mol. The molecule has 1 atom stereocenters. The van der Waals surface area contributed by atoms with Crippen LogP contribution in [-0.4, -0.2) is 41.0 Å². The van der Waals surface area contributed by atoms with Crippen LogP contribution in [0.4, 0.5) is 0 Å². The van der Waals surface area contributed by atoms with Gasteiger partial charge in [-0.05, 0) is 36.4 Å². The molecular weight excluding hydrogens is 292 g/mol. The summed E-state index contributed by atoms with van der Waals surface area (Å²) in [6.45, 7) is 6.40. The number of carboxylic acid groups (broad SMARTS) is 1. The number of amides is 1. The molecule has 1 amide bonds. The number of nitrogens with one attached hydrogen (secondary N) is 1. The fraction of sp³-hybridized carbons (Fsp3) is 0.556. The second-order valence-corrected chi connectivity index (χ2v) is 6.53. The third-order valence-corrected chi connectivity index (χ3v) is 4.34. The highest BCUT2D eigenvalue weighted by Crippen LogP contribution is 2.18. The second kappa shape index (κ2) is 8.11. The predicted molar refractivity (Wildman–Crippen MR) is 89.1 cm³/mol. The fourth-order valence-electron chi connectivity index (χ4n) is 2.97. The fourth-order valence-corrected chi connectivity index (χ4v) is 2.97. The van der Waals surface area contributed by atoms with Crippen molar-refractivity contribution < 1.29 is 14.7 Å². The van der Waals surface area contributed by atoms with Gasteiger partial charge >= 0.3 is 5.97 Å². The standard InChI is InChI=1S/C18H26N2O3/c1-13(2)17(18(22)23)19-16(21)8-5-10-20-11-9-14-6-3-4-7-15(14)12-20/h3-4,6-7,13,17H,5,8-12H2,1-2H3,(H,19,21)(H,22,23). The van der Waals surface area contributed by atoms with E-state index in [2.05, 4.69) is 34.5 Å². The number of benzene rings is 1. The molecule has 5 nitrogen and oxygen atoms in total. The Morgan fingerprint density at radius 3 is 2.61 bits per heavy atom. The van der Waals surface area contributed by atoms with Crippen molar-refractivity contribution in [2.24, 2.45) is 5.92 Å². The van der Waals surface area contributed by atoms with Gasteiger partial charge in [-0.3, -0.25) is 9.69 Å². The van der Waals surface area contributed by atoms with Crippen molar-refractivity contribution in [3.05, 3.63) is 35.4 Å². The molecule has 2 N–H and O–H groups in total. The quantitative estimate of drug-likeness (QED) is 0.807. The molecule has 0 fully saturated rings. The highest BCUT2D eigenvalue weighted by atomic mass is 16.4. The van der Waals surface area contributed by atoms with Crippen molar-refractivity contribution in [2.75, 3.05) is 13.1 Å². The first-order valence-corrected chi connectivity index (χ1v) is 8.28. The number of carbonyl (C=O) groups excluding carboxylic acids is 1. The maximum Gasteiger partial charge on any atom is 0.326 e. The molecule has 2 rings (SSSR count). The van der Waals surface area contributed by atoms with Crippen molar-refractivity contribution in [1.29, 1.82) is 0 Å². The molecule has 0 aliphatic carbocycles. The van der Waals surface area contributed by atoms with Crippen LogP contribution >= 0.6 is 0 Å². The smallest absolute Gasteiger partial charge is 0.326 e. The third-order valence-electron chi connectivity index (χ3n) is 4.34. The molecule has 5 heteroatoms. The molecule has 1 aromatic carbocycles. The van der Waals surface area contributed by atoms with Crippen molar-refractivity contribution in [2.45, 2.75) is 45.7 Å². The van der Waals surface area contributed by atoms with Gasteiger partial charge in [-0.2, -0.15) is 0 Å². The van der Waals surface area contributed by atoms with Gasteiger partial charge in [0.05, 0.1) is 0 Å². The first kappa shape index (κ1) is 17.5. The van der Waals surface area contributed by atoms with E-state index in [1.54, 1.807) is 13.8 Å². The molecular formula is C18H26N2O3. The molecule has 0 saturated carbocycles. The third kappa shape index (κ3) is 5.06. The van der Waals surface area contributed by atoms with E-state index in [4.69, 9.17) is 5.11 Å². The number of hydrogen-bond donors (Lipinski definition) is 2. The normalized spacial score (nSPS) is 16.0. The summed E-state index contributed by atoms with van der Waals surface area (Å²) in [4.78, 5) is 25.4. The zero-order valence-electron chi connectivity index (χ0n) is 13.9. The number of carboxylic acids is 1. The van der Waals surface area contributed by atoms with Crippen LogP contribution in [-0.2, 0) is 22.6 Å². The Morgan fingerprint density at radius 2 is 1.96 bits per heavy atom.